The Bertz CT molecular complexity index is 665. The highest BCUT2D eigenvalue weighted by atomic mass is 19.1. The van der Waals surface area contributed by atoms with Crippen LogP contribution in [0.25, 0.3) is 5.69 Å². The Labute approximate surface area is 115 Å². The molecule has 0 spiro atoms. The van der Waals surface area contributed by atoms with Crippen LogP contribution in [-0.2, 0) is 0 Å². The number of benzene rings is 1. The van der Waals surface area contributed by atoms with E-state index in [0.717, 1.165) is 13.1 Å². The molecule has 6 nitrogen and oxygen atoms in total. The molecule has 2 heterocycles. The summed E-state index contributed by atoms with van der Waals surface area (Å²) in [5.41, 5.74) is 6.87. The summed E-state index contributed by atoms with van der Waals surface area (Å²) >= 11 is 0. The predicted octanol–water partition coefficient (Wildman–Crippen LogP) is 0.849. The van der Waals surface area contributed by atoms with Crippen molar-refractivity contribution in [3.05, 3.63) is 35.6 Å². The molecule has 0 amide bonds. The summed E-state index contributed by atoms with van der Waals surface area (Å²) in [6.07, 6.45) is 0. The first-order valence-corrected chi connectivity index (χ1v) is 6.21. The van der Waals surface area contributed by atoms with Crippen LogP contribution in [0.4, 0.5) is 16.0 Å². The van der Waals surface area contributed by atoms with Gasteiger partial charge in [0, 0.05) is 13.1 Å². The summed E-state index contributed by atoms with van der Waals surface area (Å²) in [6, 6.07) is 8.08. The third-order valence-corrected chi connectivity index (χ3v) is 3.23. The van der Waals surface area contributed by atoms with E-state index in [1.165, 1.54) is 16.8 Å². The number of aromatic nitrogens is 2. The van der Waals surface area contributed by atoms with Gasteiger partial charge in [0.05, 0.1) is 11.7 Å². The Morgan fingerprint density at radius 3 is 2.65 bits per heavy atom. The van der Waals surface area contributed by atoms with E-state index in [1.807, 2.05) is 0 Å². The normalized spacial score (nSPS) is 14.6. The molecule has 2 aromatic rings. The van der Waals surface area contributed by atoms with E-state index >= 15 is 0 Å². The van der Waals surface area contributed by atoms with Gasteiger partial charge >= 0.3 is 0 Å². The number of hydrogen-bond donors (Lipinski definition) is 3. The van der Waals surface area contributed by atoms with Crippen molar-refractivity contribution >= 4 is 11.6 Å². The molecule has 0 saturated carbocycles. The van der Waals surface area contributed by atoms with E-state index in [4.69, 9.17) is 5.73 Å². The van der Waals surface area contributed by atoms with Gasteiger partial charge < -0.3 is 16.4 Å². The summed E-state index contributed by atoms with van der Waals surface area (Å²) in [5.74, 6) is 0.369. The van der Waals surface area contributed by atoms with Gasteiger partial charge in [-0.25, -0.2) is 9.07 Å². The van der Waals surface area contributed by atoms with Crippen LogP contribution in [0.1, 0.15) is 5.56 Å². The number of nitrogens with one attached hydrogen (secondary N) is 2. The number of hydrogen-bond acceptors (Lipinski definition) is 5. The fourth-order valence-corrected chi connectivity index (χ4v) is 2.01. The van der Waals surface area contributed by atoms with Gasteiger partial charge in [-0.3, -0.25) is 0 Å². The number of anilines is 2. The third-order valence-electron chi connectivity index (χ3n) is 3.23. The van der Waals surface area contributed by atoms with E-state index in [1.54, 1.807) is 12.1 Å². The molecule has 20 heavy (non-hydrogen) atoms. The Morgan fingerprint density at radius 2 is 2.10 bits per heavy atom. The predicted molar refractivity (Wildman–Crippen MR) is 72.9 cm³/mol. The number of nitrogens with zero attached hydrogens (tertiary/aromatic N) is 3. The van der Waals surface area contributed by atoms with E-state index in [9.17, 15) is 9.65 Å². The fourth-order valence-electron chi connectivity index (χ4n) is 2.01. The minimum absolute atomic E-state index is 0.244. The van der Waals surface area contributed by atoms with E-state index in [0.29, 0.717) is 17.1 Å². The SMILES string of the molecule is N#Cc1c(NC2CNC2)nn(-c2ccc(F)cc2)c1N. The molecule has 4 N–H and O–H groups in total. The van der Waals surface area contributed by atoms with Crippen LogP contribution in [-0.4, -0.2) is 28.9 Å². The maximum Gasteiger partial charge on any atom is 0.169 e. The van der Waals surface area contributed by atoms with Gasteiger partial charge in [0.2, 0.25) is 0 Å². The van der Waals surface area contributed by atoms with Crippen LogP contribution in [0.5, 0.6) is 0 Å². The van der Waals surface area contributed by atoms with Crippen molar-refractivity contribution < 1.29 is 4.39 Å². The summed E-state index contributed by atoms with van der Waals surface area (Å²) in [4.78, 5) is 0. The highest BCUT2D eigenvalue weighted by Crippen LogP contribution is 2.25. The van der Waals surface area contributed by atoms with Crippen LogP contribution >= 0.6 is 0 Å². The molecule has 0 bridgehead atoms. The molecule has 1 aliphatic heterocycles. The van der Waals surface area contributed by atoms with Crippen LogP contribution < -0.4 is 16.4 Å². The van der Waals surface area contributed by atoms with E-state index < -0.39 is 0 Å². The zero-order valence-corrected chi connectivity index (χ0v) is 10.6. The molecule has 1 aromatic carbocycles. The van der Waals surface area contributed by atoms with Crippen molar-refractivity contribution in [2.75, 3.05) is 24.1 Å². The molecule has 1 aliphatic rings. The average molecular weight is 272 g/mol. The lowest BCUT2D eigenvalue weighted by Crippen LogP contribution is -2.51. The number of nitriles is 1. The van der Waals surface area contributed by atoms with Crippen molar-refractivity contribution in [2.24, 2.45) is 0 Å². The first-order valence-electron chi connectivity index (χ1n) is 6.21. The summed E-state index contributed by atoms with van der Waals surface area (Å²) in [6.45, 7) is 1.66. The van der Waals surface area contributed by atoms with Gasteiger partial charge in [-0.15, -0.1) is 5.10 Å². The van der Waals surface area contributed by atoms with Gasteiger partial charge in [0.1, 0.15) is 23.3 Å². The average Bonchev–Trinajstić information content (AvgIpc) is 2.71. The molecule has 7 heteroatoms. The van der Waals surface area contributed by atoms with E-state index in [-0.39, 0.29) is 17.7 Å². The summed E-state index contributed by atoms with van der Waals surface area (Å²) in [5, 5.41) is 19.8. The second-order valence-corrected chi connectivity index (χ2v) is 4.61. The van der Waals surface area contributed by atoms with Gasteiger partial charge in [-0.2, -0.15) is 5.26 Å². The maximum atomic E-state index is 12.9. The zero-order chi connectivity index (χ0) is 14.1. The molecular weight excluding hydrogens is 259 g/mol. The van der Waals surface area contributed by atoms with Crippen molar-refractivity contribution in [3.63, 3.8) is 0 Å². The lowest BCUT2D eigenvalue weighted by Gasteiger charge is -2.27. The van der Waals surface area contributed by atoms with Crippen LogP contribution in [0.15, 0.2) is 24.3 Å². The van der Waals surface area contributed by atoms with Crippen molar-refractivity contribution in [1.82, 2.24) is 15.1 Å². The minimum atomic E-state index is -0.334. The Morgan fingerprint density at radius 1 is 1.40 bits per heavy atom. The summed E-state index contributed by atoms with van der Waals surface area (Å²) < 4.78 is 14.4. The lowest BCUT2D eigenvalue weighted by atomic mass is 10.2. The monoisotopic (exact) mass is 272 g/mol. The highest BCUT2D eigenvalue weighted by molar-refractivity contribution is 5.66. The van der Waals surface area contributed by atoms with Crippen LogP contribution in [0.3, 0.4) is 0 Å². The summed E-state index contributed by atoms with van der Waals surface area (Å²) in [7, 11) is 0. The topological polar surface area (TPSA) is 91.7 Å². The molecule has 1 saturated heterocycles. The van der Waals surface area contributed by atoms with Gasteiger partial charge in [0.25, 0.3) is 0 Å². The quantitative estimate of drug-likeness (QED) is 0.770. The second kappa shape index (κ2) is 4.83. The molecule has 3 rings (SSSR count). The Kier molecular flexibility index (Phi) is 3.00. The van der Waals surface area contributed by atoms with E-state index in [2.05, 4.69) is 21.8 Å². The second-order valence-electron chi connectivity index (χ2n) is 4.61. The first-order chi connectivity index (χ1) is 9.69. The fraction of sp³-hybridized carbons (Fsp3) is 0.231. The Hall–Kier alpha value is -2.59. The molecule has 0 aliphatic carbocycles. The zero-order valence-electron chi connectivity index (χ0n) is 10.6. The molecule has 102 valence electrons. The maximum absolute atomic E-state index is 12.9. The number of nitrogens with two attached hydrogens (primary N) is 1. The Balaban J connectivity index is 1.99. The molecule has 0 unspecified atom stereocenters. The van der Waals surface area contributed by atoms with Gasteiger partial charge in [-0.05, 0) is 24.3 Å². The molecule has 1 aromatic heterocycles. The molecular formula is C13H13FN6. The van der Waals surface area contributed by atoms with Crippen LogP contribution in [0, 0.1) is 17.1 Å². The van der Waals surface area contributed by atoms with Gasteiger partial charge in [-0.1, -0.05) is 0 Å². The first kappa shape index (κ1) is 12.4. The largest absolute Gasteiger partial charge is 0.382 e. The van der Waals surface area contributed by atoms with Crippen molar-refractivity contribution in [3.8, 4) is 11.8 Å². The standard InChI is InChI=1S/C13H13FN6/c14-8-1-3-10(4-2-8)20-12(16)11(5-15)13(19-20)18-9-6-17-7-9/h1-4,9,17H,6-7,16H2,(H,18,19). The van der Waals surface area contributed by atoms with Crippen molar-refractivity contribution in [2.45, 2.75) is 6.04 Å². The molecule has 1 fully saturated rings. The lowest BCUT2D eigenvalue weighted by molar-refractivity contribution is 0.470. The third kappa shape index (κ3) is 2.06. The van der Waals surface area contributed by atoms with Gasteiger partial charge in [0.15, 0.2) is 5.82 Å². The molecule has 0 atom stereocenters. The smallest absolute Gasteiger partial charge is 0.169 e. The van der Waals surface area contributed by atoms with Crippen molar-refractivity contribution in [1.29, 1.82) is 5.26 Å². The number of halogens is 1. The highest BCUT2D eigenvalue weighted by Gasteiger charge is 2.22. The minimum Gasteiger partial charge on any atom is -0.382 e. The van der Waals surface area contributed by atoms with Crippen LogP contribution in [0.2, 0.25) is 0 Å². The molecule has 0 radical (unpaired) electrons. The number of rotatable bonds is 3. The number of nitrogen functional groups attached to an aromatic ring is 1.